The summed E-state index contributed by atoms with van der Waals surface area (Å²) in [5.41, 5.74) is 0.761. The van der Waals surface area contributed by atoms with E-state index in [2.05, 4.69) is 10.3 Å². The van der Waals surface area contributed by atoms with Crippen LogP contribution in [0.1, 0.15) is 13.8 Å². The Morgan fingerprint density at radius 1 is 1.35 bits per heavy atom. The van der Waals surface area contributed by atoms with Crippen LogP contribution in [0.4, 0.5) is 5.69 Å². The van der Waals surface area contributed by atoms with Crippen LogP contribution in [0, 0.1) is 0 Å². The van der Waals surface area contributed by atoms with E-state index in [0.29, 0.717) is 25.6 Å². The molecule has 1 aromatic rings. The molecule has 0 aliphatic rings. The van der Waals surface area contributed by atoms with Crippen molar-refractivity contribution in [1.82, 2.24) is 4.98 Å². The Morgan fingerprint density at radius 2 is 2.15 bits per heavy atom. The summed E-state index contributed by atoms with van der Waals surface area (Å²) in [6.07, 6.45) is 1.12. The SMILES string of the molecule is COCCOCC(O)CNc1cccnc1OC(C)C. The lowest BCUT2D eigenvalue weighted by molar-refractivity contribution is 0.0182. The Balaban J connectivity index is 2.37. The zero-order valence-electron chi connectivity index (χ0n) is 12.3. The first-order valence-corrected chi connectivity index (χ1v) is 6.73. The predicted octanol–water partition coefficient (Wildman–Crippen LogP) is 1.30. The average molecular weight is 284 g/mol. The van der Waals surface area contributed by atoms with Crippen LogP contribution in [0.2, 0.25) is 0 Å². The van der Waals surface area contributed by atoms with E-state index in [4.69, 9.17) is 14.2 Å². The number of methoxy groups -OCH3 is 1. The van der Waals surface area contributed by atoms with Crippen LogP contribution in [-0.2, 0) is 9.47 Å². The van der Waals surface area contributed by atoms with E-state index in [0.717, 1.165) is 5.69 Å². The van der Waals surface area contributed by atoms with E-state index in [1.54, 1.807) is 13.3 Å². The maximum absolute atomic E-state index is 9.79. The van der Waals surface area contributed by atoms with Crippen molar-refractivity contribution in [2.75, 3.05) is 38.8 Å². The first-order valence-electron chi connectivity index (χ1n) is 6.73. The summed E-state index contributed by atoms with van der Waals surface area (Å²) in [6, 6.07) is 3.68. The molecule has 1 aromatic heterocycles. The Hall–Kier alpha value is -1.37. The summed E-state index contributed by atoms with van der Waals surface area (Å²) in [5, 5.41) is 12.9. The average Bonchev–Trinajstić information content (AvgIpc) is 2.42. The standard InChI is InChI=1S/C14H24N2O4/c1-11(2)20-14-13(5-4-6-15-14)16-9-12(17)10-19-8-7-18-3/h4-6,11-12,16-17H,7-10H2,1-3H3. The van der Waals surface area contributed by atoms with Crippen molar-refractivity contribution in [2.45, 2.75) is 26.1 Å². The van der Waals surface area contributed by atoms with Gasteiger partial charge in [-0.25, -0.2) is 4.98 Å². The zero-order valence-corrected chi connectivity index (χ0v) is 12.3. The number of pyridine rings is 1. The number of aromatic nitrogens is 1. The fraction of sp³-hybridized carbons (Fsp3) is 0.643. The third-order valence-corrected chi connectivity index (χ3v) is 2.39. The van der Waals surface area contributed by atoms with Gasteiger partial charge in [0.15, 0.2) is 0 Å². The molecule has 0 saturated heterocycles. The lowest BCUT2D eigenvalue weighted by Gasteiger charge is -2.16. The van der Waals surface area contributed by atoms with Gasteiger partial charge in [-0.1, -0.05) is 0 Å². The fourth-order valence-electron chi connectivity index (χ4n) is 1.49. The molecule has 2 N–H and O–H groups in total. The summed E-state index contributed by atoms with van der Waals surface area (Å²) in [6.45, 7) is 5.51. The molecular weight excluding hydrogens is 260 g/mol. The third-order valence-electron chi connectivity index (χ3n) is 2.39. The molecule has 0 aromatic carbocycles. The van der Waals surface area contributed by atoms with Crippen LogP contribution in [0.25, 0.3) is 0 Å². The second kappa shape index (κ2) is 9.52. The number of hydrogen-bond acceptors (Lipinski definition) is 6. The third kappa shape index (κ3) is 6.70. The minimum Gasteiger partial charge on any atom is -0.473 e. The number of aliphatic hydroxyl groups is 1. The molecule has 1 rings (SSSR count). The molecule has 0 bridgehead atoms. The van der Waals surface area contributed by atoms with Gasteiger partial charge in [0.2, 0.25) is 5.88 Å². The summed E-state index contributed by atoms with van der Waals surface area (Å²) < 4.78 is 15.7. The highest BCUT2D eigenvalue weighted by molar-refractivity contribution is 5.52. The maximum Gasteiger partial charge on any atom is 0.237 e. The van der Waals surface area contributed by atoms with E-state index >= 15 is 0 Å². The smallest absolute Gasteiger partial charge is 0.237 e. The molecule has 0 radical (unpaired) electrons. The van der Waals surface area contributed by atoms with Crippen LogP contribution in [0.5, 0.6) is 5.88 Å². The van der Waals surface area contributed by atoms with E-state index in [9.17, 15) is 5.11 Å². The Bertz CT molecular complexity index is 374. The number of rotatable bonds is 10. The van der Waals surface area contributed by atoms with Gasteiger partial charge in [0.05, 0.1) is 37.7 Å². The molecule has 6 heteroatoms. The van der Waals surface area contributed by atoms with Crippen molar-refractivity contribution >= 4 is 5.69 Å². The molecule has 1 heterocycles. The Labute approximate surface area is 120 Å². The first kappa shape index (κ1) is 16.7. The van der Waals surface area contributed by atoms with E-state index in [-0.39, 0.29) is 12.7 Å². The van der Waals surface area contributed by atoms with Crippen molar-refractivity contribution in [1.29, 1.82) is 0 Å². The largest absolute Gasteiger partial charge is 0.473 e. The van der Waals surface area contributed by atoms with Gasteiger partial charge in [0, 0.05) is 19.9 Å². The van der Waals surface area contributed by atoms with Gasteiger partial charge in [0.1, 0.15) is 0 Å². The van der Waals surface area contributed by atoms with Crippen molar-refractivity contribution in [2.24, 2.45) is 0 Å². The summed E-state index contributed by atoms with van der Waals surface area (Å²) in [5.74, 6) is 0.537. The Kier molecular flexibility index (Phi) is 7.94. The van der Waals surface area contributed by atoms with Gasteiger partial charge in [0.25, 0.3) is 0 Å². The zero-order chi connectivity index (χ0) is 14.8. The van der Waals surface area contributed by atoms with E-state index < -0.39 is 6.10 Å². The van der Waals surface area contributed by atoms with Gasteiger partial charge in [-0.05, 0) is 26.0 Å². The number of aliphatic hydroxyl groups excluding tert-OH is 1. The van der Waals surface area contributed by atoms with Gasteiger partial charge < -0.3 is 24.6 Å². The van der Waals surface area contributed by atoms with Crippen LogP contribution in [-0.4, -0.2) is 55.8 Å². The highest BCUT2D eigenvalue weighted by Crippen LogP contribution is 2.21. The van der Waals surface area contributed by atoms with Crippen molar-refractivity contribution < 1.29 is 19.3 Å². The van der Waals surface area contributed by atoms with E-state index in [1.807, 2.05) is 26.0 Å². The van der Waals surface area contributed by atoms with E-state index in [1.165, 1.54) is 0 Å². The molecule has 1 unspecified atom stereocenters. The van der Waals surface area contributed by atoms with Gasteiger partial charge >= 0.3 is 0 Å². The fourth-order valence-corrected chi connectivity index (χ4v) is 1.49. The quantitative estimate of drug-likeness (QED) is 0.631. The summed E-state index contributed by atoms with van der Waals surface area (Å²) >= 11 is 0. The predicted molar refractivity (Wildman–Crippen MR) is 77.2 cm³/mol. The summed E-state index contributed by atoms with van der Waals surface area (Å²) in [4.78, 5) is 4.17. The van der Waals surface area contributed by atoms with Crippen molar-refractivity contribution in [3.8, 4) is 5.88 Å². The van der Waals surface area contributed by atoms with Gasteiger partial charge in [-0.15, -0.1) is 0 Å². The molecule has 1 atom stereocenters. The molecule has 0 aliphatic heterocycles. The molecule has 114 valence electrons. The van der Waals surface area contributed by atoms with Crippen molar-refractivity contribution in [3.05, 3.63) is 18.3 Å². The molecule has 0 saturated carbocycles. The molecule has 20 heavy (non-hydrogen) atoms. The molecular formula is C14H24N2O4. The van der Waals surface area contributed by atoms with Crippen LogP contribution in [0.3, 0.4) is 0 Å². The topological polar surface area (TPSA) is 72.8 Å². The normalized spacial score (nSPS) is 12.4. The molecule has 6 nitrogen and oxygen atoms in total. The number of ether oxygens (including phenoxy) is 3. The second-order valence-electron chi connectivity index (χ2n) is 4.63. The maximum atomic E-state index is 9.79. The van der Waals surface area contributed by atoms with Crippen molar-refractivity contribution in [3.63, 3.8) is 0 Å². The number of anilines is 1. The Morgan fingerprint density at radius 3 is 2.85 bits per heavy atom. The highest BCUT2D eigenvalue weighted by Gasteiger charge is 2.09. The monoisotopic (exact) mass is 284 g/mol. The first-order chi connectivity index (χ1) is 9.63. The number of nitrogens with one attached hydrogen (secondary N) is 1. The highest BCUT2D eigenvalue weighted by atomic mass is 16.5. The summed E-state index contributed by atoms with van der Waals surface area (Å²) in [7, 11) is 1.61. The lowest BCUT2D eigenvalue weighted by Crippen LogP contribution is -2.26. The van der Waals surface area contributed by atoms with Gasteiger partial charge in [-0.2, -0.15) is 0 Å². The molecule has 0 amide bonds. The molecule has 0 spiro atoms. The van der Waals surface area contributed by atoms with Gasteiger partial charge in [-0.3, -0.25) is 0 Å². The number of nitrogens with zero attached hydrogens (tertiary/aromatic N) is 1. The number of hydrogen-bond donors (Lipinski definition) is 2. The van der Waals surface area contributed by atoms with Crippen LogP contribution in [0.15, 0.2) is 18.3 Å². The minimum atomic E-state index is -0.598. The second-order valence-corrected chi connectivity index (χ2v) is 4.63. The minimum absolute atomic E-state index is 0.0488. The molecule has 0 aliphatic carbocycles. The lowest BCUT2D eigenvalue weighted by atomic mass is 10.3. The van der Waals surface area contributed by atoms with Crippen LogP contribution >= 0.6 is 0 Å². The van der Waals surface area contributed by atoms with Crippen LogP contribution < -0.4 is 10.1 Å². The molecule has 0 fully saturated rings.